The molecule has 0 saturated carbocycles. The highest BCUT2D eigenvalue weighted by atomic mass is 14.9. The maximum Gasteiger partial charge on any atom is 0.0294 e. The third-order valence-corrected chi connectivity index (χ3v) is 2.72. The summed E-state index contributed by atoms with van der Waals surface area (Å²) in [6.07, 6.45) is 1.18. The average Bonchev–Trinajstić information content (AvgIpc) is 2.18. The largest absolute Gasteiger partial charge is 0.308 e. The smallest absolute Gasteiger partial charge is 0.0294 e. The third-order valence-electron chi connectivity index (χ3n) is 2.72. The molecule has 0 saturated heterocycles. The molecule has 1 rings (SSSR count). The normalized spacial score (nSPS) is 15.1. The van der Waals surface area contributed by atoms with Crippen LogP contribution in [0.1, 0.15) is 44.4 Å². The van der Waals surface area contributed by atoms with E-state index in [1.54, 1.807) is 0 Å². The van der Waals surface area contributed by atoms with Crippen LogP contribution in [0.3, 0.4) is 0 Å². The first kappa shape index (κ1) is 11.3. The number of aryl methyl sites for hydroxylation is 1. The van der Waals surface area contributed by atoms with Crippen LogP contribution in [0, 0.1) is 6.92 Å². The summed E-state index contributed by atoms with van der Waals surface area (Å²) in [5, 5.41) is 3.57. The molecule has 1 nitrogen and oxygen atoms in total. The van der Waals surface area contributed by atoms with Crippen LogP contribution >= 0.6 is 0 Å². The second kappa shape index (κ2) is 5.16. The lowest BCUT2D eigenvalue weighted by Crippen LogP contribution is -2.28. The van der Waals surface area contributed by atoms with Gasteiger partial charge in [-0.1, -0.05) is 36.8 Å². The summed E-state index contributed by atoms with van der Waals surface area (Å²) in [6, 6.07) is 9.79. The van der Waals surface area contributed by atoms with Crippen molar-refractivity contribution in [2.45, 2.75) is 46.2 Å². The van der Waals surface area contributed by atoms with Crippen molar-refractivity contribution >= 4 is 0 Å². The van der Waals surface area contributed by atoms with Gasteiger partial charge in [-0.15, -0.1) is 0 Å². The van der Waals surface area contributed by atoms with E-state index in [1.165, 1.54) is 17.5 Å². The summed E-state index contributed by atoms with van der Waals surface area (Å²) in [4.78, 5) is 0. The lowest BCUT2D eigenvalue weighted by Gasteiger charge is -2.19. The molecule has 2 atom stereocenters. The molecule has 1 N–H and O–H groups in total. The Bertz CT molecular complexity index is 263. The van der Waals surface area contributed by atoms with Gasteiger partial charge in [-0.3, -0.25) is 0 Å². The van der Waals surface area contributed by atoms with E-state index in [4.69, 9.17) is 0 Å². The van der Waals surface area contributed by atoms with E-state index in [0.717, 1.165) is 0 Å². The predicted octanol–water partition coefficient (Wildman–Crippen LogP) is 3.44. The van der Waals surface area contributed by atoms with Gasteiger partial charge >= 0.3 is 0 Å². The molecule has 0 unspecified atom stereocenters. The maximum absolute atomic E-state index is 3.57. The van der Waals surface area contributed by atoms with Gasteiger partial charge in [0, 0.05) is 12.1 Å². The van der Waals surface area contributed by atoms with Crippen molar-refractivity contribution in [1.82, 2.24) is 5.32 Å². The molecule has 0 radical (unpaired) electrons. The van der Waals surface area contributed by atoms with E-state index >= 15 is 0 Å². The fourth-order valence-corrected chi connectivity index (χ4v) is 1.50. The van der Waals surface area contributed by atoms with Gasteiger partial charge in [0.2, 0.25) is 0 Å². The molecule has 0 heterocycles. The van der Waals surface area contributed by atoms with Gasteiger partial charge in [0.15, 0.2) is 0 Å². The van der Waals surface area contributed by atoms with Crippen LogP contribution in [-0.2, 0) is 0 Å². The van der Waals surface area contributed by atoms with Crippen LogP contribution in [0.2, 0.25) is 0 Å². The third kappa shape index (κ3) is 3.15. The Morgan fingerprint density at radius 3 is 2.21 bits per heavy atom. The second-order valence-electron chi connectivity index (χ2n) is 4.11. The summed E-state index contributed by atoms with van der Waals surface area (Å²) < 4.78 is 0. The molecule has 0 aliphatic carbocycles. The maximum atomic E-state index is 3.57. The van der Waals surface area contributed by atoms with E-state index in [9.17, 15) is 0 Å². The topological polar surface area (TPSA) is 12.0 Å². The number of hydrogen-bond donors (Lipinski definition) is 1. The highest BCUT2D eigenvalue weighted by molar-refractivity contribution is 5.23. The Hall–Kier alpha value is -0.820. The molecule has 1 aromatic rings. The van der Waals surface area contributed by atoms with Crippen molar-refractivity contribution in [1.29, 1.82) is 0 Å². The van der Waals surface area contributed by atoms with E-state index in [1.807, 2.05) is 0 Å². The van der Waals surface area contributed by atoms with Gasteiger partial charge in [-0.05, 0) is 32.8 Å². The Balaban J connectivity index is 2.60. The molecule has 0 spiro atoms. The Labute approximate surface area is 87.5 Å². The minimum absolute atomic E-state index is 0.450. The van der Waals surface area contributed by atoms with Gasteiger partial charge in [0.1, 0.15) is 0 Å². The Morgan fingerprint density at radius 1 is 1.14 bits per heavy atom. The lowest BCUT2D eigenvalue weighted by atomic mass is 10.1. The highest BCUT2D eigenvalue weighted by Gasteiger charge is 2.06. The van der Waals surface area contributed by atoms with E-state index in [2.05, 4.69) is 57.3 Å². The van der Waals surface area contributed by atoms with Crippen molar-refractivity contribution < 1.29 is 0 Å². The number of rotatable bonds is 4. The van der Waals surface area contributed by atoms with Gasteiger partial charge in [0.05, 0.1) is 0 Å². The van der Waals surface area contributed by atoms with Crippen LogP contribution in [-0.4, -0.2) is 6.04 Å². The lowest BCUT2D eigenvalue weighted by molar-refractivity contribution is 0.469. The Kier molecular flexibility index (Phi) is 4.15. The molecule has 0 aliphatic rings. The fraction of sp³-hybridized carbons (Fsp3) is 0.538. The molecule has 14 heavy (non-hydrogen) atoms. The molecule has 0 aromatic heterocycles. The zero-order valence-electron chi connectivity index (χ0n) is 9.67. The van der Waals surface area contributed by atoms with Crippen molar-refractivity contribution in [2.24, 2.45) is 0 Å². The number of nitrogens with one attached hydrogen (secondary N) is 1. The molecular formula is C13H21N. The molecule has 78 valence electrons. The van der Waals surface area contributed by atoms with E-state index in [-0.39, 0.29) is 0 Å². The first-order chi connectivity index (χ1) is 6.63. The van der Waals surface area contributed by atoms with Crippen molar-refractivity contribution in [2.75, 3.05) is 0 Å². The second-order valence-corrected chi connectivity index (χ2v) is 4.11. The molecule has 0 bridgehead atoms. The standard InChI is InChI=1S/C13H21N/c1-5-11(3)14-12(4)13-8-6-10(2)7-9-13/h6-9,11-12,14H,5H2,1-4H3/t11-,12-/m0/s1. The van der Waals surface area contributed by atoms with Gasteiger partial charge in [0.25, 0.3) is 0 Å². The van der Waals surface area contributed by atoms with Gasteiger partial charge in [-0.25, -0.2) is 0 Å². The van der Waals surface area contributed by atoms with Crippen molar-refractivity contribution in [3.05, 3.63) is 35.4 Å². The fourth-order valence-electron chi connectivity index (χ4n) is 1.50. The molecule has 0 aliphatic heterocycles. The van der Waals surface area contributed by atoms with Crippen LogP contribution < -0.4 is 5.32 Å². The molecule has 1 aromatic carbocycles. The first-order valence-electron chi connectivity index (χ1n) is 5.46. The zero-order valence-corrected chi connectivity index (χ0v) is 9.67. The number of benzene rings is 1. The number of hydrogen-bond acceptors (Lipinski definition) is 1. The summed E-state index contributed by atoms with van der Waals surface area (Å²) in [5.74, 6) is 0. The first-order valence-corrected chi connectivity index (χ1v) is 5.46. The summed E-state index contributed by atoms with van der Waals surface area (Å²) in [7, 11) is 0. The highest BCUT2D eigenvalue weighted by Crippen LogP contribution is 2.14. The van der Waals surface area contributed by atoms with Crippen LogP contribution in [0.15, 0.2) is 24.3 Å². The molecule has 0 fully saturated rings. The monoisotopic (exact) mass is 191 g/mol. The van der Waals surface area contributed by atoms with Crippen molar-refractivity contribution in [3.8, 4) is 0 Å². The zero-order chi connectivity index (χ0) is 10.6. The van der Waals surface area contributed by atoms with Crippen molar-refractivity contribution in [3.63, 3.8) is 0 Å². The van der Waals surface area contributed by atoms with E-state index < -0.39 is 0 Å². The summed E-state index contributed by atoms with van der Waals surface area (Å²) in [6.45, 7) is 8.78. The van der Waals surface area contributed by atoms with Crippen LogP contribution in [0.4, 0.5) is 0 Å². The summed E-state index contributed by atoms with van der Waals surface area (Å²) in [5.41, 5.74) is 2.69. The molecule has 1 heteroatoms. The average molecular weight is 191 g/mol. The SMILES string of the molecule is CC[C@H](C)N[C@@H](C)c1ccc(C)cc1. The Morgan fingerprint density at radius 2 is 1.71 bits per heavy atom. The minimum atomic E-state index is 0.450. The van der Waals surface area contributed by atoms with Crippen LogP contribution in [0.5, 0.6) is 0 Å². The van der Waals surface area contributed by atoms with Crippen LogP contribution in [0.25, 0.3) is 0 Å². The minimum Gasteiger partial charge on any atom is -0.308 e. The van der Waals surface area contributed by atoms with Gasteiger partial charge in [-0.2, -0.15) is 0 Å². The molecular weight excluding hydrogens is 170 g/mol. The van der Waals surface area contributed by atoms with Gasteiger partial charge < -0.3 is 5.32 Å². The van der Waals surface area contributed by atoms with E-state index in [0.29, 0.717) is 12.1 Å². The summed E-state index contributed by atoms with van der Waals surface area (Å²) >= 11 is 0. The molecule has 0 amide bonds. The predicted molar refractivity (Wildman–Crippen MR) is 62.5 cm³/mol. The quantitative estimate of drug-likeness (QED) is 0.768.